The van der Waals surface area contributed by atoms with Gasteiger partial charge in [0.2, 0.25) is 0 Å². The molecular formula is C22H18ClF4NO3S. The monoisotopic (exact) mass is 487 g/mol. The van der Waals surface area contributed by atoms with Gasteiger partial charge in [0.1, 0.15) is 6.61 Å². The summed E-state index contributed by atoms with van der Waals surface area (Å²) in [5.41, 5.74) is -0.316. The second-order valence-corrected chi connectivity index (χ2v) is 8.97. The zero-order valence-corrected chi connectivity index (χ0v) is 18.3. The lowest BCUT2D eigenvalue weighted by Gasteiger charge is -2.24. The van der Waals surface area contributed by atoms with Crippen molar-refractivity contribution in [1.82, 2.24) is 0 Å². The Balaban J connectivity index is 1.89. The van der Waals surface area contributed by atoms with Gasteiger partial charge < -0.3 is 4.74 Å². The van der Waals surface area contributed by atoms with Crippen LogP contribution in [0.25, 0.3) is 0 Å². The van der Waals surface area contributed by atoms with E-state index >= 15 is 0 Å². The molecule has 10 heteroatoms. The van der Waals surface area contributed by atoms with Crippen LogP contribution in [0.1, 0.15) is 18.1 Å². The summed E-state index contributed by atoms with van der Waals surface area (Å²) in [4.78, 5) is -0.478. The lowest BCUT2D eigenvalue weighted by molar-refractivity contribution is -0.137. The summed E-state index contributed by atoms with van der Waals surface area (Å²) in [6.07, 6.45) is -4.67. The molecule has 0 spiro atoms. The van der Waals surface area contributed by atoms with Gasteiger partial charge in [0.25, 0.3) is 10.0 Å². The number of halogens is 5. The molecule has 0 bridgehead atoms. The van der Waals surface area contributed by atoms with Crippen LogP contribution in [-0.4, -0.2) is 15.0 Å². The topological polar surface area (TPSA) is 46.6 Å². The lowest BCUT2D eigenvalue weighted by Crippen LogP contribution is -2.31. The van der Waals surface area contributed by atoms with Gasteiger partial charge in [0.15, 0.2) is 11.6 Å². The molecule has 3 rings (SSSR count). The van der Waals surface area contributed by atoms with Crippen LogP contribution < -0.4 is 9.04 Å². The van der Waals surface area contributed by atoms with Crippen molar-refractivity contribution >= 4 is 27.3 Å². The van der Waals surface area contributed by atoms with Crippen molar-refractivity contribution in [2.75, 3.05) is 10.8 Å². The standard InChI is InChI=1S/C22H18ClF4NO3S/c1-2-28(32(29,30)18-9-4-7-16(13-18)22(25,26)27)17-8-3-6-15(12-17)14-31-21-19(23)10-5-11-20(21)24/h3-13H,2,14H2,1H3. The van der Waals surface area contributed by atoms with E-state index in [0.717, 1.165) is 22.5 Å². The molecule has 0 N–H and O–H groups in total. The van der Waals surface area contributed by atoms with Gasteiger partial charge in [-0.15, -0.1) is 0 Å². The third kappa shape index (κ3) is 5.16. The summed E-state index contributed by atoms with van der Waals surface area (Å²) in [7, 11) is -4.27. The van der Waals surface area contributed by atoms with Crippen molar-refractivity contribution in [3.05, 3.63) is 88.7 Å². The second-order valence-electron chi connectivity index (χ2n) is 6.70. The maximum Gasteiger partial charge on any atom is 0.416 e. The van der Waals surface area contributed by atoms with Crippen LogP contribution in [0.5, 0.6) is 5.75 Å². The number of nitrogens with zero attached hydrogens (tertiary/aromatic N) is 1. The molecule has 0 aromatic heterocycles. The third-order valence-corrected chi connectivity index (χ3v) is 6.73. The lowest BCUT2D eigenvalue weighted by atomic mass is 10.2. The first-order valence-electron chi connectivity index (χ1n) is 9.39. The van der Waals surface area contributed by atoms with E-state index in [2.05, 4.69) is 0 Å². The number of para-hydroxylation sites is 1. The summed E-state index contributed by atoms with van der Waals surface area (Å²) in [5, 5.41) is 0.0865. The van der Waals surface area contributed by atoms with Gasteiger partial charge >= 0.3 is 6.18 Å². The highest BCUT2D eigenvalue weighted by Gasteiger charge is 2.33. The van der Waals surface area contributed by atoms with Gasteiger partial charge in [-0.25, -0.2) is 12.8 Å². The Labute approximate surface area is 188 Å². The number of alkyl halides is 3. The molecule has 0 saturated heterocycles. The van der Waals surface area contributed by atoms with Crippen LogP contribution >= 0.6 is 11.6 Å². The van der Waals surface area contributed by atoms with Gasteiger partial charge in [-0.3, -0.25) is 4.31 Å². The van der Waals surface area contributed by atoms with E-state index in [4.69, 9.17) is 16.3 Å². The van der Waals surface area contributed by atoms with Gasteiger partial charge in [-0.05, 0) is 55.0 Å². The summed E-state index contributed by atoms with van der Waals surface area (Å²) in [5.74, 6) is -0.778. The summed E-state index contributed by atoms with van der Waals surface area (Å²) >= 11 is 5.94. The van der Waals surface area contributed by atoms with Crippen molar-refractivity contribution in [2.45, 2.75) is 24.6 Å². The third-order valence-electron chi connectivity index (χ3n) is 4.54. The minimum Gasteiger partial charge on any atom is -0.484 e. The maximum absolute atomic E-state index is 13.9. The summed E-state index contributed by atoms with van der Waals surface area (Å²) in [6.45, 7) is 1.44. The van der Waals surface area contributed by atoms with Crippen molar-refractivity contribution in [3.8, 4) is 5.75 Å². The number of hydrogen-bond acceptors (Lipinski definition) is 3. The molecule has 0 heterocycles. The average molecular weight is 488 g/mol. The maximum atomic E-state index is 13.9. The highest BCUT2D eigenvalue weighted by molar-refractivity contribution is 7.92. The summed E-state index contributed by atoms with van der Waals surface area (Å²) in [6, 6.07) is 13.9. The molecule has 3 aromatic carbocycles. The van der Waals surface area contributed by atoms with Crippen molar-refractivity contribution in [3.63, 3.8) is 0 Å². The summed E-state index contributed by atoms with van der Waals surface area (Å²) < 4.78 is 85.6. The molecule has 170 valence electrons. The van der Waals surface area contributed by atoms with E-state index in [0.29, 0.717) is 11.6 Å². The van der Waals surface area contributed by atoms with E-state index in [1.54, 1.807) is 19.1 Å². The molecule has 0 atom stereocenters. The molecule has 0 fully saturated rings. The predicted octanol–water partition coefficient (Wildman–Crippen LogP) is 6.29. The number of benzene rings is 3. The van der Waals surface area contributed by atoms with Crippen molar-refractivity contribution in [1.29, 1.82) is 0 Å². The van der Waals surface area contributed by atoms with Crippen LogP contribution in [0.3, 0.4) is 0 Å². The van der Waals surface area contributed by atoms with Gasteiger partial charge in [0, 0.05) is 6.54 Å². The normalized spacial score (nSPS) is 11.9. The fourth-order valence-corrected chi connectivity index (χ4v) is 4.76. The Morgan fingerprint density at radius 3 is 2.34 bits per heavy atom. The Morgan fingerprint density at radius 1 is 1.00 bits per heavy atom. The van der Waals surface area contributed by atoms with E-state index in [9.17, 15) is 26.0 Å². The van der Waals surface area contributed by atoms with Gasteiger partial charge in [-0.2, -0.15) is 13.2 Å². The average Bonchev–Trinajstić information content (AvgIpc) is 2.73. The highest BCUT2D eigenvalue weighted by Crippen LogP contribution is 2.33. The zero-order valence-electron chi connectivity index (χ0n) is 16.7. The van der Waals surface area contributed by atoms with Crippen molar-refractivity contribution < 1.29 is 30.7 Å². The second kappa shape index (κ2) is 9.38. The van der Waals surface area contributed by atoms with E-state index < -0.39 is 32.5 Å². The minimum atomic E-state index is -4.67. The van der Waals surface area contributed by atoms with Crippen molar-refractivity contribution in [2.24, 2.45) is 0 Å². The van der Waals surface area contributed by atoms with Crippen LogP contribution in [0.4, 0.5) is 23.2 Å². The predicted molar refractivity (Wildman–Crippen MR) is 114 cm³/mol. The molecule has 0 amide bonds. The van der Waals surface area contributed by atoms with Crippen LogP contribution in [0.15, 0.2) is 71.6 Å². The molecule has 0 radical (unpaired) electrons. The smallest absolute Gasteiger partial charge is 0.416 e. The largest absolute Gasteiger partial charge is 0.484 e. The Bertz CT molecular complexity index is 1200. The number of ether oxygens (including phenoxy) is 1. The number of anilines is 1. The number of sulfonamides is 1. The van der Waals surface area contributed by atoms with E-state index in [-0.39, 0.29) is 29.6 Å². The first-order valence-corrected chi connectivity index (χ1v) is 11.2. The first kappa shape index (κ1) is 23.9. The molecule has 0 aliphatic carbocycles. The van der Waals surface area contributed by atoms with Gasteiger partial charge in [-0.1, -0.05) is 35.9 Å². The first-order chi connectivity index (χ1) is 15.0. The molecule has 4 nitrogen and oxygen atoms in total. The van der Waals surface area contributed by atoms with Crippen LogP contribution in [0, 0.1) is 5.82 Å². The van der Waals surface area contributed by atoms with Crippen LogP contribution in [0.2, 0.25) is 5.02 Å². The molecular weight excluding hydrogens is 470 g/mol. The fraction of sp³-hybridized carbons (Fsp3) is 0.182. The molecule has 0 aliphatic heterocycles. The van der Waals surface area contributed by atoms with E-state index in [1.165, 1.54) is 30.3 Å². The fourth-order valence-electron chi connectivity index (χ4n) is 3.03. The van der Waals surface area contributed by atoms with E-state index in [1.807, 2.05) is 0 Å². The molecule has 0 aliphatic rings. The Kier molecular flexibility index (Phi) is 7.00. The zero-order chi connectivity index (χ0) is 23.5. The SMILES string of the molecule is CCN(c1cccc(COc2c(F)cccc2Cl)c1)S(=O)(=O)c1cccc(C(F)(F)F)c1. The molecule has 3 aromatic rings. The minimum absolute atomic E-state index is 0.0258. The highest BCUT2D eigenvalue weighted by atomic mass is 35.5. The van der Waals surface area contributed by atoms with Gasteiger partial charge in [0.05, 0.1) is 21.2 Å². The van der Waals surface area contributed by atoms with Crippen LogP contribution in [-0.2, 0) is 22.8 Å². The molecule has 0 saturated carbocycles. The number of hydrogen-bond donors (Lipinski definition) is 0. The Hall–Kier alpha value is -2.78. The quantitative estimate of drug-likeness (QED) is 0.368. The Morgan fingerprint density at radius 2 is 1.69 bits per heavy atom. The molecule has 0 unspecified atom stereocenters. The molecule has 32 heavy (non-hydrogen) atoms. The number of rotatable bonds is 7.